The van der Waals surface area contributed by atoms with E-state index < -0.39 is 7.60 Å². The quantitative estimate of drug-likeness (QED) is 0.510. The predicted octanol–water partition coefficient (Wildman–Crippen LogP) is 5.20. The van der Waals surface area contributed by atoms with Gasteiger partial charge >= 0.3 is 7.60 Å². The predicted molar refractivity (Wildman–Crippen MR) is 97.0 cm³/mol. The molecule has 0 unspecified atom stereocenters. The molecule has 0 amide bonds. The number of hydrogen-bond acceptors (Lipinski definition) is 3. The SMILES string of the molecule is CCOP(=O)(OCC)c1c(C)cccc1/C=C/c1cccc(F)c1. The van der Waals surface area contributed by atoms with Crippen LogP contribution in [0.1, 0.15) is 30.5 Å². The molecule has 0 N–H and O–H groups in total. The molecule has 0 spiro atoms. The third kappa shape index (κ3) is 4.41. The molecule has 0 atom stereocenters. The molecule has 0 saturated heterocycles. The van der Waals surface area contributed by atoms with Gasteiger partial charge in [-0.25, -0.2) is 4.39 Å². The highest BCUT2D eigenvalue weighted by Gasteiger charge is 2.30. The van der Waals surface area contributed by atoms with E-state index in [2.05, 4.69) is 0 Å². The van der Waals surface area contributed by atoms with Gasteiger partial charge in [-0.05, 0) is 49.6 Å². The molecule has 0 aliphatic heterocycles. The van der Waals surface area contributed by atoms with Crippen molar-refractivity contribution < 1.29 is 18.0 Å². The maximum Gasteiger partial charge on any atom is 0.362 e. The van der Waals surface area contributed by atoms with Gasteiger partial charge in [0.05, 0.1) is 18.5 Å². The van der Waals surface area contributed by atoms with Gasteiger partial charge in [-0.1, -0.05) is 42.5 Å². The first-order valence-electron chi connectivity index (χ1n) is 7.93. The summed E-state index contributed by atoms with van der Waals surface area (Å²) in [5.74, 6) is -0.295. The maximum atomic E-state index is 13.3. The lowest BCUT2D eigenvalue weighted by Gasteiger charge is -2.21. The number of aryl methyl sites for hydroxylation is 1. The minimum atomic E-state index is -3.40. The Kier molecular flexibility index (Phi) is 6.50. The summed E-state index contributed by atoms with van der Waals surface area (Å²) >= 11 is 0. The van der Waals surface area contributed by atoms with Gasteiger partial charge < -0.3 is 9.05 Å². The second-order valence-electron chi connectivity index (χ2n) is 5.23. The first-order chi connectivity index (χ1) is 11.5. The fourth-order valence-electron chi connectivity index (χ4n) is 2.49. The van der Waals surface area contributed by atoms with Crippen LogP contribution in [-0.2, 0) is 13.6 Å². The van der Waals surface area contributed by atoms with Crippen LogP contribution in [0.4, 0.5) is 4.39 Å². The van der Waals surface area contributed by atoms with Crippen molar-refractivity contribution >= 4 is 25.1 Å². The Morgan fingerprint density at radius 2 is 1.71 bits per heavy atom. The summed E-state index contributed by atoms with van der Waals surface area (Å²) in [5, 5.41) is 0.557. The molecule has 2 rings (SSSR count). The van der Waals surface area contributed by atoms with Gasteiger partial charge in [0.2, 0.25) is 0 Å². The Balaban J connectivity index is 2.48. The normalized spacial score (nSPS) is 12.0. The van der Waals surface area contributed by atoms with Crippen molar-refractivity contribution in [1.82, 2.24) is 0 Å². The smallest absolute Gasteiger partial charge is 0.305 e. The molecule has 5 heteroatoms. The van der Waals surface area contributed by atoms with Gasteiger partial charge in [0.15, 0.2) is 0 Å². The molecule has 0 bridgehead atoms. The highest BCUT2D eigenvalue weighted by Crippen LogP contribution is 2.48. The van der Waals surface area contributed by atoms with Crippen LogP contribution in [0.3, 0.4) is 0 Å². The minimum absolute atomic E-state index is 0.290. The Hall–Kier alpha value is -1.74. The minimum Gasteiger partial charge on any atom is -0.305 e. The molecule has 0 heterocycles. The van der Waals surface area contributed by atoms with Crippen molar-refractivity contribution in [3.05, 3.63) is 65.0 Å². The van der Waals surface area contributed by atoms with E-state index in [9.17, 15) is 8.96 Å². The van der Waals surface area contributed by atoms with Gasteiger partial charge in [-0.2, -0.15) is 0 Å². The Bertz CT molecular complexity index is 761. The lowest BCUT2D eigenvalue weighted by atomic mass is 10.1. The Morgan fingerprint density at radius 3 is 2.33 bits per heavy atom. The monoisotopic (exact) mass is 348 g/mol. The van der Waals surface area contributed by atoms with E-state index in [1.54, 1.807) is 32.1 Å². The molecular formula is C19H22FO3P. The lowest BCUT2D eigenvalue weighted by Crippen LogP contribution is -2.17. The summed E-state index contributed by atoms with van der Waals surface area (Å²) < 4.78 is 37.5. The summed E-state index contributed by atoms with van der Waals surface area (Å²) in [6, 6.07) is 11.9. The summed E-state index contributed by atoms with van der Waals surface area (Å²) in [7, 11) is -3.40. The second kappa shape index (κ2) is 8.39. The van der Waals surface area contributed by atoms with Gasteiger partial charge in [-0.15, -0.1) is 0 Å². The highest BCUT2D eigenvalue weighted by atomic mass is 31.2. The number of benzene rings is 2. The summed E-state index contributed by atoms with van der Waals surface area (Å²) in [4.78, 5) is 0. The van der Waals surface area contributed by atoms with Crippen molar-refractivity contribution in [3.63, 3.8) is 0 Å². The van der Waals surface area contributed by atoms with E-state index in [0.717, 1.165) is 16.7 Å². The van der Waals surface area contributed by atoms with E-state index in [-0.39, 0.29) is 5.82 Å². The number of hydrogen-bond donors (Lipinski definition) is 0. The van der Waals surface area contributed by atoms with Gasteiger partial charge in [0.25, 0.3) is 0 Å². The average Bonchev–Trinajstić information content (AvgIpc) is 2.53. The first-order valence-corrected chi connectivity index (χ1v) is 9.47. The molecule has 24 heavy (non-hydrogen) atoms. The standard InChI is InChI=1S/C19H22FO3P/c1-4-22-24(21,23-5-2)19-15(3)8-6-10-17(19)13-12-16-9-7-11-18(20)14-16/h6-14H,4-5H2,1-3H3/b13-12+. The van der Waals surface area contributed by atoms with Crippen LogP contribution in [0.15, 0.2) is 42.5 Å². The van der Waals surface area contributed by atoms with Crippen LogP contribution in [0.25, 0.3) is 12.2 Å². The van der Waals surface area contributed by atoms with Gasteiger partial charge in [0.1, 0.15) is 5.82 Å². The molecule has 2 aromatic rings. The van der Waals surface area contributed by atoms with Crippen molar-refractivity contribution in [2.45, 2.75) is 20.8 Å². The fraction of sp³-hybridized carbons (Fsp3) is 0.263. The average molecular weight is 348 g/mol. The molecular weight excluding hydrogens is 326 g/mol. The zero-order valence-corrected chi connectivity index (χ0v) is 15.1. The van der Waals surface area contributed by atoms with E-state index in [1.165, 1.54) is 12.1 Å². The number of rotatable bonds is 7. The zero-order chi connectivity index (χ0) is 17.6. The van der Waals surface area contributed by atoms with Crippen LogP contribution in [-0.4, -0.2) is 13.2 Å². The number of halogens is 1. The molecule has 0 radical (unpaired) electrons. The van der Waals surface area contributed by atoms with Crippen LogP contribution in [0, 0.1) is 12.7 Å². The van der Waals surface area contributed by atoms with E-state index >= 15 is 0 Å². The summed E-state index contributed by atoms with van der Waals surface area (Å²) in [5.41, 5.74) is 2.30. The molecule has 2 aromatic carbocycles. The maximum absolute atomic E-state index is 13.3. The molecule has 0 fully saturated rings. The fourth-order valence-corrected chi connectivity index (χ4v) is 4.48. The highest BCUT2D eigenvalue weighted by molar-refractivity contribution is 7.62. The topological polar surface area (TPSA) is 35.5 Å². The first kappa shape index (κ1) is 18.6. The van der Waals surface area contributed by atoms with E-state index in [4.69, 9.17) is 9.05 Å². The van der Waals surface area contributed by atoms with E-state index in [1.807, 2.05) is 31.2 Å². The molecule has 0 saturated carbocycles. The van der Waals surface area contributed by atoms with Crippen molar-refractivity contribution in [2.75, 3.05) is 13.2 Å². The third-order valence-corrected chi connectivity index (χ3v) is 5.80. The van der Waals surface area contributed by atoms with Crippen molar-refractivity contribution in [2.24, 2.45) is 0 Å². The summed E-state index contributed by atoms with van der Waals surface area (Å²) in [6.07, 6.45) is 3.59. The summed E-state index contributed by atoms with van der Waals surface area (Å²) in [6.45, 7) is 6.02. The molecule has 0 aromatic heterocycles. The zero-order valence-electron chi connectivity index (χ0n) is 14.2. The Labute approximate surface area is 142 Å². The van der Waals surface area contributed by atoms with Gasteiger partial charge in [-0.3, -0.25) is 4.57 Å². The largest absolute Gasteiger partial charge is 0.362 e. The molecule has 128 valence electrons. The second-order valence-corrected chi connectivity index (χ2v) is 7.19. The van der Waals surface area contributed by atoms with Crippen LogP contribution >= 0.6 is 7.60 Å². The molecule has 0 aliphatic rings. The molecule has 0 aliphatic carbocycles. The Morgan fingerprint density at radius 1 is 1.04 bits per heavy atom. The third-order valence-electron chi connectivity index (χ3n) is 3.44. The van der Waals surface area contributed by atoms with E-state index in [0.29, 0.717) is 18.5 Å². The van der Waals surface area contributed by atoms with Gasteiger partial charge in [0, 0.05) is 0 Å². The molecule has 3 nitrogen and oxygen atoms in total. The van der Waals surface area contributed by atoms with Crippen molar-refractivity contribution in [3.8, 4) is 0 Å². The van der Waals surface area contributed by atoms with Crippen LogP contribution in [0.5, 0.6) is 0 Å². The van der Waals surface area contributed by atoms with Crippen LogP contribution < -0.4 is 5.30 Å². The lowest BCUT2D eigenvalue weighted by molar-refractivity contribution is 0.230. The van der Waals surface area contributed by atoms with Crippen molar-refractivity contribution in [1.29, 1.82) is 0 Å². The van der Waals surface area contributed by atoms with Crippen LogP contribution in [0.2, 0.25) is 0 Å².